The fourth-order valence-electron chi connectivity index (χ4n) is 0.464. The molecule has 0 N–H and O–H groups in total. The second-order valence-corrected chi connectivity index (χ2v) is 2.05. The van der Waals surface area contributed by atoms with Crippen molar-refractivity contribution in [3.8, 4) is 6.07 Å². The van der Waals surface area contributed by atoms with Gasteiger partial charge in [0.2, 0.25) is 0 Å². The Morgan fingerprint density at radius 3 is 2.60 bits per heavy atom. The monoisotopic (exact) mass is 137 g/mol. The molecule has 0 spiro atoms. The van der Waals surface area contributed by atoms with E-state index in [1.54, 1.807) is 6.08 Å². The van der Waals surface area contributed by atoms with E-state index >= 15 is 0 Å². The first-order valence-corrected chi connectivity index (χ1v) is 3.10. The topological polar surface area (TPSA) is 33.0 Å². The standard InChI is InChI=1S/C8H11NO/c1-4-5-8(6-9)10-7(2)3/h4-5,7H,1H2,2-3H3. The second-order valence-electron chi connectivity index (χ2n) is 2.05. The van der Waals surface area contributed by atoms with Crippen LogP contribution in [0.25, 0.3) is 0 Å². The van der Waals surface area contributed by atoms with Gasteiger partial charge in [-0.15, -0.1) is 0 Å². The van der Waals surface area contributed by atoms with E-state index < -0.39 is 0 Å². The Morgan fingerprint density at radius 2 is 2.30 bits per heavy atom. The first-order chi connectivity index (χ1) is 4.70. The highest BCUT2D eigenvalue weighted by atomic mass is 16.5. The highest BCUT2D eigenvalue weighted by molar-refractivity contribution is 5.18. The zero-order chi connectivity index (χ0) is 7.98. The molecule has 54 valence electrons. The van der Waals surface area contributed by atoms with E-state index in [4.69, 9.17) is 10.00 Å². The third-order valence-electron chi connectivity index (χ3n) is 0.742. The van der Waals surface area contributed by atoms with Crippen LogP contribution in [0.3, 0.4) is 0 Å². The van der Waals surface area contributed by atoms with Crippen LogP contribution in [0.15, 0.2) is 24.5 Å². The van der Waals surface area contributed by atoms with Gasteiger partial charge in [0.1, 0.15) is 6.07 Å². The van der Waals surface area contributed by atoms with Gasteiger partial charge in [0, 0.05) is 0 Å². The van der Waals surface area contributed by atoms with Gasteiger partial charge in [-0.05, 0) is 19.9 Å². The summed E-state index contributed by atoms with van der Waals surface area (Å²) >= 11 is 0. The summed E-state index contributed by atoms with van der Waals surface area (Å²) in [5, 5.41) is 8.41. The Labute approximate surface area is 61.4 Å². The zero-order valence-corrected chi connectivity index (χ0v) is 6.29. The summed E-state index contributed by atoms with van der Waals surface area (Å²) in [6.45, 7) is 7.19. The average molecular weight is 137 g/mol. The summed E-state index contributed by atoms with van der Waals surface area (Å²) in [5.41, 5.74) is 0. The van der Waals surface area contributed by atoms with Crippen LogP contribution in [0.4, 0.5) is 0 Å². The van der Waals surface area contributed by atoms with Crippen LogP contribution in [0.2, 0.25) is 0 Å². The number of allylic oxidation sites excluding steroid dienone is 3. The smallest absolute Gasteiger partial charge is 0.197 e. The van der Waals surface area contributed by atoms with E-state index in [0.717, 1.165) is 0 Å². The van der Waals surface area contributed by atoms with Crippen molar-refractivity contribution in [1.29, 1.82) is 5.26 Å². The fraction of sp³-hybridized carbons (Fsp3) is 0.375. The largest absolute Gasteiger partial charge is 0.481 e. The molecule has 0 aliphatic heterocycles. The maximum Gasteiger partial charge on any atom is 0.197 e. The van der Waals surface area contributed by atoms with Crippen LogP contribution in [-0.4, -0.2) is 6.10 Å². The van der Waals surface area contributed by atoms with Gasteiger partial charge >= 0.3 is 0 Å². The van der Waals surface area contributed by atoms with Crippen molar-refractivity contribution in [2.24, 2.45) is 0 Å². The van der Waals surface area contributed by atoms with Crippen molar-refractivity contribution >= 4 is 0 Å². The molecule has 0 fully saturated rings. The lowest BCUT2D eigenvalue weighted by molar-refractivity contribution is 0.160. The molecular formula is C8H11NO. The van der Waals surface area contributed by atoms with E-state index in [-0.39, 0.29) is 6.10 Å². The summed E-state index contributed by atoms with van der Waals surface area (Å²) in [6.07, 6.45) is 3.12. The van der Waals surface area contributed by atoms with Crippen molar-refractivity contribution < 1.29 is 4.74 Å². The number of rotatable bonds is 3. The van der Waals surface area contributed by atoms with Crippen LogP contribution >= 0.6 is 0 Å². The van der Waals surface area contributed by atoms with Crippen molar-refractivity contribution in [3.05, 3.63) is 24.5 Å². The molecule has 0 heterocycles. The molecule has 0 atom stereocenters. The minimum atomic E-state index is 0.0471. The molecule has 0 saturated carbocycles. The first kappa shape index (κ1) is 8.77. The van der Waals surface area contributed by atoms with Gasteiger partial charge < -0.3 is 4.74 Å². The highest BCUT2D eigenvalue weighted by Gasteiger charge is 1.96. The van der Waals surface area contributed by atoms with Gasteiger partial charge in [-0.1, -0.05) is 12.7 Å². The van der Waals surface area contributed by atoms with Crippen molar-refractivity contribution in [3.63, 3.8) is 0 Å². The number of nitrogens with zero attached hydrogens (tertiary/aromatic N) is 1. The molecule has 0 aliphatic rings. The summed E-state index contributed by atoms with van der Waals surface area (Å²) in [7, 11) is 0. The predicted molar refractivity (Wildman–Crippen MR) is 40.1 cm³/mol. The Hall–Kier alpha value is -1.23. The molecule has 0 aromatic heterocycles. The lowest BCUT2D eigenvalue weighted by atomic mass is 10.4. The quantitative estimate of drug-likeness (QED) is 0.338. The molecule has 0 aliphatic carbocycles. The van der Waals surface area contributed by atoms with Crippen LogP contribution in [0, 0.1) is 11.3 Å². The van der Waals surface area contributed by atoms with E-state index in [1.165, 1.54) is 6.08 Å². The van der Waals surface area contributed by atoms with Gasteiger partial charge in [-0.3, -0.25) is 0 Å². The third kappa shape index (κ3) is 3.73. The van der Waals surface area contributed by atoms with Crippen LogP contribution in [0.1, 0.15) is 13.8 Å². The van der Waals surface area contributed by atoms with Gasteiger partial charge in [0.25, 0.3) is 0 Å². The van der Waals surface area contributed by atoms with Gasteiger partial charge in [0.15, 0.2) is 5.76 Å². The summed E-state index contributed by atoms with van der Waals surface area (Å²) in [5.74, 6) is 0.310. The molecule has 0 amide bonds. The molecule has 0 aromatic rings. The maximum absolute atomic E-state index is 8.41. The molecule has 0 saturated heterocycles. The second kappa shape index (κ2) is 4.63. The predicted octanol–water partition coefficient (Wildman–Crippen LogP) is 2.00. The molecule has 0 bridgehead atoms. The van der Waals surface area contributed by atoms with Gasteiger partial charge in [0.05, 0.1) is 6.10 Å². The average Bonchev–Trinajstić information content (AvgIpc) is 1.86. The lowest BCUT2D eigenvalue weighted by Gasteiger charge is -2.05. The minimum absolute atomic E-state index is 0.0471. The Kier molecular flexibility index (Phi) is 4.06. The number of hydrogen-bond acceptors (Lipinski definition) is 2. The van der Waals surface area contributed by atoms with Crippen molar-refractivity contribution in [1.82, 2.24) is 0 Å². The maximum atomic E-state index is 8.41. The van der Waals surface area contributed by atoms with Gasteiger partial charge in [-0.25, -0.2) is 0 Å². The molecule has 2 nitrogen and oxygen atoms in total. The summed E-state index contributed by atoms with van der Waals surface area (Å²) in [6, 6.07) is 1.90. The molecule has 0 radical (unpaired) electrons. The van der Waals surface area contributed by atoms with Crippen LogP contribution in [-0.2, 0) is 4.74 Å². The van der Waals surface area contributed by atoms with E-state index in [9.17, 15) is 0 Å². The molecule has 0 rings (SSSR count). The zero-order valence-electron chi connectivity index (χ0n) is 6.29. The molecule has 0 unspecified atom stereocenters. The third-order valence-corrected chi connectivity index (χ3v) is 0.742. The Bertz CT molecular complexity index is 174. The SMILES string of the molecule is C=CC=C(C#N)OC(C)C. The minimum Gasteiger partial charge on any atom is -0.481 e. The van der Waals surface area contributed by atoms with Crippen molar-refractivity contribution in [2.45, 2.75) is 20.0 Å². The van der Waals surface area contributed by atoms with E-state index in [2.05, 4.69) is 6.58 Å². The van der Waals surface area contributed by atoms with E-state index in [0.29, 0.717) is 5.76 Å². The van der Waals surface area contributed by atoms with Gasteiger partial charge in [-0.2, -0.15) is 5.26 Å². The van der Waals surface area contributed by atoms with E-state index in [1.807, 2.05) is 19.9 Å². The van der Waals surface area contributed by atoms with Crippen LogP contribution in [0.5, 0.6) is 0 Å². The number of nitriles is 1. The molecule has 2 heteroatoms. The van der Waals surface area contributed by atoms with Crippen molar-refractivity contribution in [2.75, 3.05) is 0 Å². The van der Waals surface area contributed by atoms with Crippen LogP contribution < -0.4 is 0 Å². The fourth-order valence-corrected chi connectivity index (χ4v) is 0.464. The summed E-state index contributed by atoms with van der Waals surface area (Å²) in [4.78, 5) is 0. The first-order valence-electron chi connectivity index (χ1n) is 3.10. The lowest BCUT2D eigenvalue weighted by Crippen LogP contribution is -2.00. The normalized spacial score (nSPS) is 10.8. The Balaban J connectivity index is 3.99. The number of hydrogen-bond donors (Lipinski definition) is 0. The molecular weight excluding hydrogens is 126 g/mol. The molecule has 10 heavy (non-hydrogen) atoms. The summed E-state index contributed by atoms with van der Waals surface area (Å²) < 4.78 is 5.07. The highest BCUT2D eigenvalue weighted by Crippen LogP contribution is 1.99. The molecule has 0 aromatic carbocycles. The number of ether oxygens (including phenoxy) is 1. The Morgan fingerprint density at radius 1 is 1.70 bits per heavy atom.